The second kappa shape index (κ2) is 4.09. The molecule has 2 rings (SSSR count). The summed E-state index contributed by atoms with van der Waals surface area (Å²) >= 11 is 1.83. The molecule has 1 N–H and O–H groups in total. The summed E-state index contributed by atoms with van der Waals surface area (Å²) in [6.45, 7) is 3.08. The fraction of sp³-hybridized carbons (Fsp3) is 0.700. The van der Waals surface area contributed by atoms with E-state index < -0.39 is 0 Å². The lowest BCUT2D eigenvalue weighted by atomic mass is 10.1. The van der Waals surface area contributed by atoms with Crippen LogP contribution in [0, 0.1) is 0 Å². The van der Waals surface area contributed by atoms with Crippen LogP contribution in [0.15, 0.2) is 6.20 Å². The van der Waals surface area contributed by atoms with E-state index in [-0.39, 0.29) is 0 Å². The SMILES string of the molecule is CCNc1ncc(C2CCCC2)s1. The molecule has 72 valence electrons. The molecule has 0 radical (unpaired) electrons. The highest BCUT2D eigenvalue weighted by molar-refractivity contribution is 7.15. The number of hydrogen-bond acceptors (Lipinski definition) is 3. The van der Waals surface area contributed by atoms with Gasteiger partial charge in [-0.3, -0.25) is 0 Å². The van der Waals surface area contributed by atoms with E-state index in [2.05, 4.69) is 23.4 Å². The Morgan fingerprint density at radius 2 is 2.31 bits per heavy atom. The molecule has 1 aliphatic carbocycles. The Labute approximate surface area is 83.4 Å². The van der Waals surface area contributed by atoms with Crippen molar-refractivity contribution in [3.8, 4) is 0 Å². The molecule has 0 atom stereocenters. The Hall–Kier alpha value is -0.570. The first kappa shape index (κ1) is 9.00. The molecule has 1 fully saturated rings. The highest BCUT2D eigenvalue weighted by atomic mass is 32.1. The van der Waals surface area contributed by atoms with Crippen molar-refractivity contribution in [3.63, 3.8) is 0 Å². The molecule has 0 spiro atoms. The van der Waals surface area contributed by atoms with Crippen LogP contribution in [0.2, 0.25) is 0 Å². The molecule has 0 aromatic carbocycles. The molecule has 1 saturated carbocycles. The largest absolute Gasteiger partial charge is 0.362 e. The number of aromatic nitrogens is 1. The van der Waals surface area contributed by atoms with Crippen LogP contribution in [0.3, 0.4) is 0 Å². The summed E-state index contributed by atoms with van der Waals surface area (Å²) in [6, 6.07) is 0. The van der Waals surface area contributed by atoms with Crippen LogP contribution in [0.5, 0.6) is 0 Å². The summed E-state index contributed by atoms with van der Waals surface area (Å²) in [5.41, 5.74) is 0. The van der Waals surface area contributed by atoms with Gasteiger partial charge in [-0.25, -0.2) is 4.98 Å². The molecular weight excluding hydrogens is 180 g/mol. The molecular formula is C10H16N2S. The first-order valence-electron chi connectivity index (χ1n) is 5.09. The minimum Gasteiger partial charge on any atom is -0.362 e. The third-order valence-electron chi connectivity index (χ3n) is 2.61. The van der Waals surface area contributed by atoms with Crippen LogP contribution in [0.4, 0.5) is 5.13 Å². The summed E-state index contributed by atoms with van der Waals surface area (Å²) in [5.74, 6) is 0.810. The third-order valence-corrected chi connectivity index (χ3v) is 3.73. The minimum atomic E-state index is 0.810. The summed E-state index contributed by atoms with van der Waals surface area (Å²) in [4.78, 5) is 5.84. The molecule has 0 amide bonds. The zero-order valence-corrected chi connectivity index (χ0v) is 8.86. The molecule has 1 aromatic heterocycles. The number of nitrogens with zero attached hydrogens (tertiary/aromatic N) is 1. The van der Waals surface area contributed by atoms with Gasteiger partial charge in [0.1, 0.15) is 0 Å². The Bertz CT molecular complexity index is 264. The quantitative estimate of drug-likeness (QED) is 0.802. The third kappa shape index (κ3) is 2.02. The standard InChI is InChI=1S/C10H16N2S/c1-2-11-10-12-7-9(13-10)8-5-3-4-6-8/h7-8H,2-6H2,1H3,(H,11,12). The van der Waals surface area contributed by atoms with Gasteiger partial charge >= 0.3 is 0 Å². The Balaban J connectivity index is 2.03. The van der Waals surface area contributed by atoms with Crippen LogP contribution >= 0.6 is 11.3 Å². The van der Waals surface area contributed by atoms with Gasteiger partial charge in [0.25, 0.3) is 0 Å². The van der Waals surface area contributed by atoms with Gasteiger partial charge in [0, 0.05) is 17.6 Å². The highest BCUT2D eigenvalue weighted by Crippen LogP contribution is 2.37. The van der Waals surface area contributed by atoms with Crippen molar-refractivity contribution in [2.24, 2.45) is 0 Å². The summed E-state index contributed by atoms with van der Waals surface area (Å²) in [6.07, 6.45) is 7.60. The van der Waals surface area contributed by atoms with Crippen molar-refractivity contribution in [1.82, 2.24) is 4.98 Å². The molecule has 0 saturated heterocycles. The lowest BCUT2D eigenvalue weighted by Gasteiger charge is -2.02. The van der Waals surface area contributed by atoms with Crippen LogP contribution < -0.4 is 5.32 Å². The van der Waals surface area contributed by atoms with Crippen LogP contribution in [0.25, 0.3) is 0 Å². The van der Waals surface area contributed by atoms with Gasteiger partial charge in [0.2, 0.25) is 0 Å². The average Bonchev–Trinajstić information content (AvgIpc) is 2.70. The van der Waals surface area contributed by atoms with Gasteiger partial charge in [-0.05, 0) is 25.7 Å². The maximum Gasteiger partial charge on any atom is 0.182 e. The van der Waals surface area contributed by atoms with Gasteiger partial charge in [-0.15, -0.1) is 11.3 Å². The number of nitrogens with one attached hydrogen (secondary N) is 1. The van der Waals surface area contributed by atoms with Gasteiger partial charge in [-0.2, -0.15) is 0 Å². The number of thiazole rings is 1. The van der Waals surface area contributed by atoms with E-state index in [4.69, 9.17) is 0 Å². The number of rotatable bonds is 3. The predicted octanol–water partition coefficient (Wildman–Crippen LogP) is 3.23. The maximum atomic E-state index is 4.36. The van der Waals surface area contributed by atoms with E-state index in [9.17, 15) is 0 Å². The van der Waals surface area contributed by atoms with Crippen LogP contribution in [0.1, 0.15) is 43.4 Å². The molecule has 13 heavy (non-hydrogen) atoms. The Kier molecular flexibility index (Phi) is 2.83. The second-order valence-corrected chi connectivity index (χ2v) is 4.64. The van der Waals surface area contributed by atoms with Crippen molar-refractivity contribution in [3.05, 3.63) is 11.1 Å². The molecule has 2 nitrogen and oxygen atoms in total. The summed E-state index contributed by atoms with van der Waals surface area (Å²) < 4.78 is 0. The molecule has 0 bridgehead atoms. The predicted molar refractivity (Wildman–Crippen MR) is 57.5 cm³/mol. The lowest BCUT2D eigenvalue weighted by Crippen LogP contribution is -1.94. The lowest BCUT2D eigenvalue weighted by molar-refractivity contribution is 0.736. The normalized spacial score (nSPS) is 17.9. The zero-order chi connectivity index (χ0) is 9.10. The van der Waals surface area contributed by atoms with E-state index in [0.717, 1.165) is 17.6 Å². The first-order valence-corrected chi connectivity index (χ1v) is 5.91. The monoisotopic (exact) mass is 196 g/mol. The average molecular weight is 196 g/mol. The minimum absolute atomic E-state index is 0.810. The number of hydrogen-bond donors (Lipinski definition) is 1. The Morgan fingerprint density at radius 1 is 1.54 bits per heavy atom. The van der Waals surface area contributed by atoms with Gasteiger partial charge in [-0.1, -0.05) is 12.8 Å². The molecule has 0 unspecified atom stereocenters. The molecule has 3 heteroatoms. The number of anilines is 1. The molecule has 0 aliphatic heterocycles. The maximum absolute atomic E-state index is 4.36. The smallest absolute Gasteiger partial charge is 0.182 e. The van der Waals surface area contributed by atoms with E-state index in [1.54, 1.807) is 0 Å². The van der Waals surface area contributed by atoms with Crippen molar-refractivity contribution in [1.29, 1.82) is 0 Å². The van der Waals surface area contributed by atoms with Gasteiger partial charge in [0.15, 0.2) is 5.13 Å². The van der Waals surface area contributed by atoms with Crippen molar-refractivity contribution in [2.45, 2.75) is 38.5 Å². The molecule has 1 aromatic rings. The fourth-order valence-corrected chi connectivity index (χ4v) is 2.97. The van der Waals surface area contributed by atoms with E-state index in [1.165, 1.54) is 30.6 Å². The van der Waals surface area contributed by atoms with E-state index in [0.29, 0.717) is 0 Å². The fourth-order valence-electron chi connectivity index (χ4n) is 1.92. The van der Waals surface area contributed by atoms with Gasteiger partial charge < -0.3 is 5.32 Å². The van der Waals surface area contributed by atoms with Crippen LogP contribution in [-0.4, -0.2) is 11.5 Å². The summed E-state index contributed by atoms with van der Waals surface area (Å²) in [5, 5.41) is 4.35. The Morgan fingerprint density at radius 3 is 3.00 bits per heavy atom. The van der Waals surface area contributed by atoms with Crippen molar-refractivity contribution >= 4 is 16.5 Å². The summed E-state index contributed by atoms with van der Waals surface area (Å²) in [7, 11) is 0. The van der Waals surface area contributed by atoms with Crippen molar-refractivity contribution < 1.29 is 0 Å². The first-order chi connectivity index (χ1) is 6.40. The molecule has 1 heterocycles. The molecule has 1 aliphatic rings. The van der Waals surface area contributed by atoms with E-state index >= 15 is 0 Å². The van der Waals surface area contributed by atoms with Crippen LogP contribution in [-0.2, 0) is 0 Å². The zero-order valence-electron chi connectivity index (χ0n) is 8.05. The topological polar surface area (TPSA) is 24.9 Å². The highest BCUT2D eigenvalue weighted by Gasteiger charge is 2.19. The second-order valence-electron chi connectivity index (χ2n) is 3.58. The van der Waals surface area contributed by atoms with E-state index in [1.807, 2.05) is 11.3 Å². The van der Waals surface area contributed by atoms with Gasteiger partial charge in [0.05, 0.1) is 0 Å². The van der Waals surface area contributed by atoms with Crippen molar-refractivity contribution in [2.75, 3.05) is 11.9 Å².